The van der Waals surface area contributed by atoms with Gasteiger partial charge in [0.2, 0.25) is 0 Å². The van der Waals surface area contributed by atoms with E-state index >= 15 is 0 Å². The van der Waals surface area contributed by atoms with Crippen molar-refractivity contribution in [1.82, 2.24) is 15.6 Å². The molecule has 0 bridgehead atoms. The number of pyridine rings is 1. The van der Waals surface area contributed by atoms with Crippen LogP contribution in [0.1, 0.15) is 18.9 Å². The highest BCUT2D eigenvalue weighted by Gasteiger charge is 2.18. The maximum Gasteiger partial charge on any atom is 0.191 e. The summed E-state index contributed by atoms with van der Waals surface area (Å²) in [5.41, 5.74) is 2.22. The zero-order chi connectivity index (χ0) is 21.9. The summed E-state index contributed by atoms with van der Waals surface area (Å²) in [6, 6.07) is 10.9. The van der Waals surface area contributed by atoms with E-state index in [1.54, 1.807) is 7.05 Å². The number of aliphatic imine (C=N–C) groups is 1. The predicted molar refractivity (Wildman–Crippen MR) is 140 cm³/mol. The second-order valence-electron chi connectivity index (χ2n) is 7.38. The minimum Gasteiger partial charge on any atom is -0.382 e. The van der Waals surface area contributed by atoms with Crippen molar-refractivity contribution in [2.24, 2.45) is 4.99 Å². The molecular weight excluding hydrogens is 522 g/mol. The summed E-state index contributed by atoms with van der Waals surface area (Å²) in [6.07, 6.45) is 2.80. The number of aromatic nitrogens is 1. The fourth-order valence-corrected chi connectivity index (χ4v) is 3.52. The first-order valence-corrected chi connectivity index (χ1v) is 10.9. The van der Waals surface area contributed by atoms with Gasteiger partial charge in [-0.05, 0) is 55.3 Å². The van der Waals surface area contributed by atoms with Gasteiger partial charge in [0.25, 0.3) is 0 Å². The van der Waals surface area contributed by atoms with Crippen molar-refractivity contribution >= 4 is 41.4 Å². The van der Waals surface area contributed by atoms with Crippen LogP contribution >= 0.6 is 24.0 Å². The summed E-state index contributed by atoms with van der Waals surface area (Å²) in [5, 5.41) is 6.66. The molecule has 3 rings (SSSR count). The molecule has 0 unspecified atom stereocenters. The molecule has 1 aliphatic heterocycles. The Labute approximate surface area is 207 Å². The van der Waals surface area contributed by atoms with E-state index in [9.17, 15) is 4.39 Å². The van der Waals surface area contributed by atoms with Crippen molar-refractivity contribution in [2.75, 3.05) is 62.8 Å². The number of benzene rings is 1. The van der Waals surface area contributed by atoms with Gasteiger partial charge in [0.15, 0.2) is 5.96 Å². The molecule has 1 aromatic carbocycles. The van der Waals surface area contributed by atoms with Gasteiger partial charge in [-0.1, -0.05) is 0 Å². The molecule has 1 aromatic heterocycles. The Hall–Kier alpha value is -2.14. The second kappa shape index (κ2) is 14.1. The lowest BCUT2D eigenvalue weighted by Gasteiger charge is -2.36. The van der Waals surface area contributed by atoms with Gasteiger partial charge in [-0.3, -0.25) is 4.99 Å². The van der Waals surface area contributed by atoms with Gasteiger partial charge in [-0.2, -0.15) is 0 Å². The molecule has 0 radical (unpaired) electrons. The number of ether oxygens (including phenoxy) is 1. The Kier molecular flexibility index (Phi) is 11.5. The number of guanidine groups is 1. The number of hydrogen-bond donors (Lipinski definition) is 2. The number of hydrogen-bond acceptors (Lipinski definition) is 5. The van der Waals surface area contributed by atoms with Crippen LogP contribution in [0.2, 0.25) is 0 Å². The van der Waals surface area contributed by atoms with Crippen LogP contribution in [0.3, 0.4) is 0 Å². The highest BCUT2D eigenvalue weighted by molar-refractivity contribution is 14.0. The molecule has 32 heavy (non-hydrogen) atoms. The minimum absolute atomic E-state index is 0. The highest BCUT2D eigenvalue weighted by atomic mass is 127. The molecule has 9 heteroatoms. The van der Waals surface area contributed by atoms with Gasteiger partial charge in [0.1, 0.15) is 11.6 Å². The molecule has 1 aliphatic rings. The summed E-state index contributed by atoms with van der Waals surface area (Å²) < 4.78 is 18.5. The first-order valence-electron chi connectivity index (χ1n) is 10.9. The molecule has 1 saturated heterocycles. The van der Waals surface area contributed by atoms with E-state index < -0.39 is 0 Å². The van der Waals surface area contributed by atoms with Crippen LogP contribution in [0.4, 0.5) is 15.9 Å². The quantitative estimate of drug-likeness (QED) is 0.214. The van der Waals surface area contributed by atoms with E-state index in [1.807, 2.05) is 31.3 Å². The zero-order valence-corrected chi connectivity index (χ0v) is 21.2. The average Bonchev–Trinajstić information content (AvgIpc) is 2.82. The van der Waals surface area contributed by atoms with Crippen LogP contribution in [-0.4, -0.2) is 63.9 Å². The molecule has 0 spiro atoms. The fourth-order valence-electron chi connectivity index (χ4n) is 3.52. The standard InChI is InChI=1S/C23H33FN6O.HI/c1-3-31-16-4-10-27-23(25-2)28-18-19-9-11-26-22(17-19)30-14-12-29(13-15-30)21-7-5-20(24)6-8-21;/h5-9,11,17H,3-4,10,12-16,18H2,1-2H3,(H2,25,27,28);1H. The summed E-state index contributed by atoms with van der Waals surface area (Å²) in [6.45, 7) is 8.52. The molecule has 2 N–H and O–H groups in total. The lowest BCUT2D eigenvalue weighted by atomic mass is 10.2. The summed E-state index contributed by atoms with van der Waals surface area (Å²) in [7, 11) is 1.77. The Morgan fingerprint density at radius 2 is 1.81 bits per heavy atom. The number of anilines is 2. The number of rotatable bonds is 9. The maximum atomic E-state index is 13.2. The topological polar surface area (TPSA) is 65.0 Å². The monoisotopic (exact) mass is 556 g/mol. The molecule has 2 heterocycles. The Morgan fingerprint density at radius 3 is 2.50 bits per heavy atom. The molecule has 2 aromatic rings. The maximum absolute atomic E-state index is 13.2. The molecule has 0 aliphatic carbocycles. The van der Waals surface area contributed by atoms with Crippen LogP contribution in [0.25, 0.3) is 0 Å². The predicted octanol–water partition coefficient (Wildman–Crippen LogP) is 3.26. The SMILES string of the molecule is CCOCCCNC(=NC)NCc1ccnc(N2CCN(c3ccc(F)cc3)CC2)c1.I. The average molecular weight is 556 g/mol. The molecule has 1 fully saturated rings. The third-order valence-corrected chi connectivity index (χ3v) is 5.25. The van der Waals surface area contributed by atoms with Crippen molar-refractivity contribution in [1.29, 1.82) is 0 Å². The van der Waals surface area contributed by atoms with Crippen LogP contribution in [0, 0.1) is 5.82 Å². The zero-order valence-electron chi connectivity index (χ0n) is 18.9. The van der Waals surface area contributed by atoms with E-state index in [4.69, 9.17) is 4.74 Å². The number of nitrogens with one attached hydrogen (secondary N) is 2. The smallest absolute Gasteiger partial charge is 0.191 e. The number of nitrogens with zero attached hydrogens (tertiary/aromatic N) is 4. The van der Waals surface area contributed by atoms with Crippen LogP contribution < -0.4 is 20.4 Å². The Balaban J connectivity index is 0.00000363. The van der Waals surface area contributed by atoms with E-state index in [-0.39, 0.29) is 29.8 Å². The molecular formula is C23H34FIN6O. The van der Waals surface area contributed by atoms with Gasteiger partial charge in [0, 0.05) is 71.4 Å². The van der Waals surface area contributed by atoms with Gasteiger partial charge in [-0.15, -0.1) is 24.0 Å². The molecule has 0 atom stereocenters. The van der Waals surface area contributed by atoms with Gasteiger partial charge in [-0.25, -0.2) is 9.37 Å². The van der Waals surface area contributed by atoms with E-state index in [0.29, 0.717) is 6.54 Å². The summed E-state index contributed by atoms with van der Waals surface area (Å²) >= 11 is 0. The lowest BCUT2D eigenvalue weighted by Crippen LogP contribution is -2.46. The van der Waals surface area contributed by atoms with Crippen molar-refractivity contribution in [3.8, 4) is 0 Å². The largest absolute Gasteiger partial charge is 0.382 e. The number of piperazine rings is 1. The lowest BCUT2D eigenvalue weighted by molar-refractivity contribution is 0.145. The molecule has 7 nitrogen and oxygen atoms in total. The Bertz CT molecular complexity index is 827. The number of halogens is 2. The third-order valence-electron chi connectivity index (χ3n) is 5.25. The molecule has 0 saturated carbocycles. The summed E-state index contributed by atoms with van der Waals surface area (Å²) in [5.74, 6) is 1.56. The van der Waals surface area contributed by atoms with E-state index in [2.05, 4.69) is 36.5 Å². The van der Waals surface area contributed by atoms with Crippen LogP contribution in [0.15, 0.2) is 47.6 Å². The van der Waals surface area contributed by atoms with Crippen molar-refractivity contribution in [3.05, 3.63) is 54.0 Å². The summed E-state index contributed by atoms with van der Waals surface area (Å²) in [4.78, 5) is 13.4. The molecule has 176 valence electrons. The first-order chi connectivity index (χ1) is 15.2. The van der Waals surface area contributed by atoms with Crippen LogP contribution in [-0.2, 0) is 11.3 Å². The van der Waals surface area contributed by atoms with Gasteiger partial charge in [0.05, 0.1) is 0 Å². The highest BCUT2D eigenvalue weighted by Crippen LogP contribution is 2.20. The Morgan fingerprint density at radius 1 is 1.09 bits per heavy atom. The third kappa shape index (κ3) is 8.09. The van der Waals surface area contributed by atoms with E-state index in [1.165, 1.54) is 12.1 Å². The first kappa shape index (κ1) is 26.1. The minimum atomic E-state index is -0.200. The van der Waals surface area contributed by atoms with Gasteiger partial charge < -0.3 is 25.2 Å². The van der Waals surface area contributed by atoms with Crippen LogP contribution in [0.5, 0.6) is 0 Å². The van der Waals surface area contributed by atoms with Crippen molar-refractivity contribution in [3.63, 3.8) is 0 Å². The second-order valence-corrected chi connectivity index (χ2v) is 7.38. The normalized spacial score (nSPS) is 14.2. The van der Waals surface area contributed by atoms with E-state index in [0.717, 1.165) is 75.4 Å². The molecule has 0 amide bonds. The van der Waals surface area contributed by atoms with Crippen molar-refractivity contribution in [2.45, 2.75) is 19.9 Å². The van der Waals surface area contributed by atoms with Gasteiger partial charge >= 0.3 is 0 Å². The van der Waals surface area contributed by atoms with Crippen molar-refractivity contribution < 1.29 is 9.13 Å². The fraction of sp³-hybridized carbons (Fsp3) is 0.478.